The highest BCUT2D eigenvalue weighted by molar-refractivity contribution is 5.85. The van der Waals surface area contributed by atoms with Crippen molar-refractivity contribution in [2.75, 3.05) is 11.9 Å². The normalized spacial score (nSPS) is 11.6. The number of nitrogens with zero attached hydrogens (tertiary/aromatic N) is 1. The number of aliphatic imine (C=N–C) groups is 1. The lowest BCUT2D eigenvalue weighted by Gasteiger charge is -2.08. The van der Waals surface area contributed by atoms with E-state index in [-0.39, 0.29) is 0 Å². The second-order valence-corrected chi connectivity index (χ2v) is 38.5. The summed E-state index contributed by atoms with van der Waals surface area (Å²) in [4.78, 5) is 26.4. The third-order valence-electron chi connectivity index (χ3n) is 26.9. The summed E-state index contributed by atoms with van der Waals surface area (Å²) in [5.74, 6) is 0. The van der Waals surface area contributed by atoms with E-state index in [9.17, 15) is 9.59 Å². The Hall–Kier alpha value is -2.13. The van der Waals surface area contributed by atoms with Crippen molar-refractivity contribution in [1.82, 2.24) is 0 Å². The van der Waals surface area contributed by atoms with Crippen molar-refractivity contribution in [3.63, 3.8) is 0 Å². The summed E-state index contributed by atoms with van der Waals surface area (Å²) in [5, 5.41) is 2.71. The summed E-state index contributed by atoms with van der Waals surface area (Å²) in [7, 11) is 0. The van der Waals surface area contributed by atoms with E-state index < -0.39 is 6.09 Å². The highest BCUT2D eigenvalue weighted by Crippen LogP contribution is 2.26. The first-order valence-electron chi connectivity index (χ1n) is 54.8. The molecule has 0 fully saturated rings. The molecule has 0 radical (unpaired) electrons. The SMILES string of the molecule is CCCCCCCCCCCCCCCCCCCCCCCCCCCCCCCCCCCCCCCCCCCCCCCCCCCCCCCCCCCCCCCCCCCCCCCCCCCCCCCCCCCCCCCCCCCCCCCCCCCCCCOC(=O)Nc1ccc(C)c(N=C=O)c1. The number of carbonyl (C=O) groups is 1. The van der Waals surface area contributed by atoms with Crippen LogP contribution in [0.15, 0.2) is 23.2 Å². The van der Waals surface area contributed by atoms with E-state index in [2.05, 4.69) is 17.2 Å². The summed E-state index contributed by atoms with van der Waals surface area (Å²) < 4.78 is 5.32. The Balaban J connectivity index is 1.59. The van der Waals surface area contributed by atoms with Crippen molar-refractivity contribution in [3.05, 3.63) is 23.8 Å². The molecule has 0 spiro atoms. The van der Waals surface area contributed by atoms with Crippen LogP contribution < -0.4 is 5.32 Å². The fraction of sp³-hybridized carbons (Fsp3) is 0.928. The van der Waals surface area contributed by atoms with Gasteiger partial charge < -0.3 is 4.74 Å². The van der Waals surface area contributed by atoms with Crippen molar-refractivity contribution < 1.29 is 14.3 Å². The maximum Gasteiger partial charge on any atom is 0.411 e. The zero-order chi connectivity index (χ0) is 82.7. The number of rotatable bonds is 103. The second-order valence-electron chi connectivity index (χ2n) is 38.5. The van der Waals surface area contributed by atoms with Gasteiger partial charge in [0, 0.05) is 5.69 Å². The molecule has 684 valence electrons. The molecular weight excluding hydrogens is 1410 g/mol. The Kier molecular flexibility index (Phi) is 98.1. The van der Waals surface area contributed by atoms with Gasteiger partial charge in [-0.05, 0) is 31.0 Å². The molecule has 1 N–H and O–H groups in total. The molecular formula is C111H212N2O3. The molecule has 0 heterocycles. The Morgan fingerprint density at radius 2 is 0.371 bits per heavy atom. The van der Waals surface area contributed by atoms with Crippen LogP contribution in [0.3, 0.4) is 0 Å². The van der Waals surface area contributed by atoms with Crippen LogP contribution in [-0.2, 0) is 9.53 Å². The van der Waals surface area contributed by atoms with Crippen molar-refractivity contribution in [2.45, 2.75) is 656 Å². The molecule has 0 aliphatic heterocycles. The van der Waals surface area contributed by atoms with E-state index in [4.69, 9.17) is 4.74 Å². The molecule has 0 bridgehead atoms. The summed E-state index contributed by atoms with van der Waals surface area (Å²) in [5.41, 5.74) is 1.92. The van der Waals surface area contributed by atoms with Crippen LogP contribution in [0.25, 0.3) is 0 Å². The number of benzene rings is 1. The predicted molar refractivity (Wildman–Crippen MR) is 521 cm³/mol. The van der Waals surface area contributed by atoms with Gasteiger partial charge in [0.2, 0.25) is 6.08 Å². The first-order valence-corrected chi connectivity index (χ1v) is 54.8. The molecule has 0 aliphatic rings. The van der Waals surface area contributed by atoms with Gasteiger partial charge in [-0.2, -0.15) is 4.99 Å². The number of isocyanates is 1. The van der Waals surface area contributed by atoms with Crippen LogP contribution in [0.2, 0.25) is 0 Å². The largest absolute Gasteiger partial charge is 0.449 e. The molecule has 0 atom stereocenters. The Bertz CT molecular complexity index is 2020. The van der Waals surface area contributed by atoms with Crippen LogP contribution in [0.1, 0.15) is 655 Å². The van der Waals surface area contributed by atoms with E-state index in [0.717, 1.165) is 18.4 Å². The molecule has 1 rings (SSSR count). The topological polar surface area (TPSA) is 67.8 Å². The second kappa shape index (κ2) is 102. The lowest BCUT2D eigenvalue weighted by atomic mass is 10.0. The number of unbranched alkanes of at least 4 members (excludes halogenated alkanes) is 99. The van der Waals surface area contributed by atoms with Crippen LogP contribution in [0.5, 0.6) is 0 Å². The number of aryl methyl sites for hydroxylation is 1. The Morgan fingerprint density at radius 3 is 0.509 bits per heavy atom. The maximum atomic E-state index is 12.1. The first-order chi connectivity index (χ1) is 57.7. The van der Waals surface area contributed by atoms with E-state index in [1.54, 1.807) is 18.2 Å². The predicted octanol–water partition coefficient (Wildman–Crippen LogP) is 41.5. The molecule has 1 aromatic rings. The van der Waals surface area contributed by atoms with E-state index >= 15 is 0 Å². The van der Waals surface area contributed by atoms with E-state index in [1.807, 2.05) is 13.0 Å². The zero-order valence-electron chi connectivity index (χ0n) is 79.8. The minimum Gasteiger partial charge on any atom is -0.449 e. The van der Waals surface area contributed by atoms with Gasteiger partial charge in [-0.25, -0.2) is 9.59 Å². The van der Waals surface area contributed by atoms with Crippen LogP contribution >= 0.6 is 0 Å². The zero-order valence-corrected chi connectivity index (χ0v) is 79.8. The van der Waals surface area contributed by atoms with Crippen molar-refractivity contribution in [1.29, 1.82) is 0 Å². The van der Waals surface area contributed by atoms with Gasteiger partial charge in [0.25, 0.3) is 0 Å². The fourth-order valence-electron chi connectivity index (χ4n) is 18.7. The highest BCUT2D eigenvalue weighted by atomic mass is 16.5. The summed E-state index contributed by atoms with van der Waals surface area (Å²) >= 11 is 0. The molecule has 0 aliphatic carbocycles. The molecule has 5 heteroatoms. The maximum absolute atomic E-state index is 12.1. The standard InChI is InChI=1S/C111H212N2O3/c1-3-4-5-6-7-8-9-10-11-12-13-14-15-16-17-18-19-20-21-22-23-24-25-26-27-28-29-30-31-32-33-34-35-36-37-38-39-40-41-42-43-44-45-46-47-48-49-50-51-52-53-54-55-56-57-58-59-60-61-62-63-64-65-66-67-68-69-70-71-72-73-74-75-76-77-78-79-80-81-82-83-84-85-86-87-88-89-90-91-92-93-94-95-96-97-98-99-100-101-102-105-116-111(115)113-109-104-103-108(2)110(106-109)112-107-114/h103-104,106H,3-102,105H2,1-2H3,(H,113,115). The van der Waals surface area contributed by atoms with E-state index in [0.29, 0.717) is 18.0 Å². The van der Waals surface area contributed by atoms with Crippen LogP contribution in [-0.4, -0.2) is 18.8 Å². The summed E-state index contributed by atoms with van der Waals surface area (Å²) in [6.45, 7) is 4.60. The van der Waals surface area contributed by atoms with Crippen LogP contribution in [0.4, 0.5) is 16.2 Å². The third-order valence-corrected chi connectivity index (χ3v) is 26.9. The molecule has 0 aromatic heterocycles. The number of hydrogen-bond donors (Lipinski definition) is 1. The molecule has 5 nitrogen and oxygen atoms in total. The van der Waals surface area contributed by atoms with Gasteiger partial charge in [0.05, 0.1) is 12.3 Å². The monoisotopic (exact) mass is 1620 g/mol. The van der Waals surface area contributed by atoms with Gasteiger partial charge in [0.15, 0.2) is 0 Å². The number of carbonyl (C=O) groups excluding carboxylic acids is 2. The van der Waals surface area contributed by atoms with Gasteiger partial charge in [-0.15, -0.1) is 0 Å². The van der Waals surface area contributed by atoms with Crippen molar-refractivity contribution in [3.8, 4) is 0 Å². The molecule has 1 aromatic carbocycles. The summed E-state index contributed by atoms with van der Waals surface area (Å²) in [6, 6.07) is 5.24. The average Bonchev–Trinajstić information content (AvgIpc) is 0.870. The number of anilines is 1. The fourth-order valence-corrected chi connectivity index (χ4v) is 18.7. The smallest absolute Gasteiger partial charge is 0.411 e. The minimum atomic E-state index is -0.468. The molecule has 1 amide bonds. The Morgan fingerprint density at radius 1 is 0.233 bits per heavy atom. The lowest BCUT2D eigenvalue weighted by molar-refractivity contribution is 0.159. The highest BCUT2D eigenvalue weighted by Gasteiger charge is 2.08. The minimum absolute atomic E-state index is 0.428. The number of hydrogen-bond acceptors (Lipinski definition) is 4. The summed E-state index contributed by atoms with van der Waals surface area (Å²) in [6.07, 6.45) is 148. The van der Waals surface area contributed by atoms with Crippen LogP contribution in [0, 0.1) is 6.92 Å². The number of amides is 1. The van der Waals surface area contributed by atoms with E-state index in [1.165, 1.54) is 629 Å². The van der Waals surface area contributed by atoms with Gasteiger partial charge in [0.1, 0.15) is 0 Å². The quantitative estimate of drug-likeness (QED) is 0.0401. The molecule has 0 saturated heterocycles. The number of ether oxygens (including phenoxy) is 1. The van der Waals surface area contributed by atoms with Gasteiger partial charge in [-0.3, -0.25) is 5.32 Å². The van der Waals surface area contributed by atoms with Crippen molar-refractivity contribution in [2.24, 2.45) is 4.99 Å². The third kappa shape index (κ3) is 94.1. The number of nitrogens with one attached hydrogen (secondary N) is 1. The first kappa shape index (κ1) is 112. The lowest BCUT2D eigenvalue weighted by Crippen LogP contribution is -2.14. The molecule has 0 unspecified atom stereocenters. The molecule has 116 heavy (non-hydrogen) atoms. The van der Waals surface area contributed by atoms with Gasteiger partial charge >= 0.3 is 6.09 Å². The molecule has 0 saturated carbocycles. The Labute approximate surface area is 730 Å². The van der Waals surface area contributed by atoms with Crippen molar-refractivity contribution >= 4 is 23.5 Å². The van der Waals surface area contributed by atoms with Gasteiger partial charge in [-0.1, -0.05) is 649 Å². The average molecular weight is 1620 g/mol.